The van der Waals surface area contributed by atoms with E-state index in [1.165, 1.54) is 0 Å². The van der Waals surface area contributed by atoms with E-state index in [0.717, 1.165) is 0 Å². The highest BCUT2D eigenvalue weighted by molar-refractivity contribution is 5.97. The fraction of sp³-hybridized carbons (Fsp3) is 0.375. The van der Waals surface area contributed by atoms with E-state index in [2.05, 4.69) is 5.32 Å². The molecule has 116 valence electrons. The Labute approximate surface area is 127 Å². The number of fused-ring (bicyclic) bond motifs is 2. The van der Waals surface area contributed by atoms with Gasteiger partial charge in [0.2, 0.25) is 5.91 Å². The first-order valence-corrected chi connectivity index (χ1v) is 7.21. The van der Waals surface area contributed by atoms with E-state index in [1.54, 1.807) is 30.4 Å². The van der Waals surface area contributed by atoms with Gasteiger partial charge in [0, 0.05) is 0 Å². The minimum Gasteiger partial charge on any atom is -0.492 e. The smallest absolute Gasteiger partial charge is 0.310 e. The Bertz CT molecular complexity index is 627. The van der Waals surface area contributed by atoms with Gasteiger partial charge in [-0.1, -0.05) is 24.3 Å². The Kier molecular flexibility index (Phi) is 3.85. The lowest BCUT2D eigenvalue weighted by atomic mass is 9.82. The van der Waals surface area contributed by atoms with Crippen molar-refractivity contribution in [1.82, 2.24) is 0 Å². The third-order valence-electron chi connectivity index (χ3n) is 3.93. The molecule has 22 heavy (non-hydrogen) atoms. The first-order chi connectivity index (χ1) is 10.6. The number of para-hydroxylation sites is 2. The highest BCUT2D eigenvalue weighted by atomic mass is 16.5. The van der Waals surface area contributed by atoms with Crippen LogP contribution in [-0.2, 0) is 14.3 Å². The topological polar surface area (TPSA) is 84.9 Å². The number of rotatable bonds is 5. The monoisotopic (exact) mass is 303 g/mol. The number of hydrogen-bond donors (Lipinski definition) is 2. The van der Waals surface area contributed by atoms with E-state index >= 15 is 0 Å². The van der Waals surface area contributed by atoms with Crippen molar-refractivity contribution in [3.63, 3.8) is 0 Å². The van der Waals surface area contributed by atoms with Crippen LogP contribution in [0.4, 0.5) is 5.69 Å². The van der Waals surface area contributed by atoms with Crippen LogP contribution in [0.1, 0.15) is 6.92 Å². The number of anilines is 1. The van der Waals surface area contributed by atoms with E-state index in [4.69, 9.17) is 9.47 Å². The molecule has 0 unspecified atom stereocenters. The summed E-state index contributed by atoms with van der Waals surface area (Å²) in [7, 11) is 0. The number of ether oxygens (including phenoxy) is 2. The molecule has 1 saturated heterocycles. The molecular weight excluding hydrogens is 286 g/mol. The molecule has 2 bridgehead atoms. The molecule has 4 atom stereocenters. The molecule has 1 aromatic rings. The van der Waals surface area contributed by atoms with E-state index in [0.29, 0.717) is 18.0 Å². The van der Waals surface area contributed by atoms with Crippen molar-refractivity contribution in [3.05, 3.63) is 36.4 Å². The van der Waals surface area contributed by atoms with E-state index in [1.807, 2.05) is 13.0 Å². The highest BCUT2D eigenvalue weighted by Gasteiger charge is 2.53. The van der Waals surface area contributed by atoms with Gasteiger partial charge in [0.25, 0.3) is 0 Å². The molecule has 1 aromatic carbocycles. The zero-order valence-corrected chi connectivity index (χ0v) is 12.1. The van der Waals surface area contributed by atoms with Crippen LogP contribution in [0.2, 0.25) is 0 Å². The van der Waals surface area contributed by atoms with Crippen molar-refractivity contribution in [1.29, 1.82) is 0 Å². The van der Waals surface area contributed by atoms with Crippen molar-refractivity contribution in [2.45, 2.75) is 19.1 Å². The zero-order valence-electron chi connectivity index (χ0n) is 12.1. The lowest BCUT2D eigenvalue weighted by Gasteiger charge is -2.21. The number of carboxylic acid groups (broad SMARTS) is 1. The van der Waals surface area contributed by atoms with Gasteiger partial charge in [0.05, 0.1) is 30.4 Å². The van der Waals surface area contributed by atoms with Gasteiger partial charge in [-0.05, 0) is 19.1 Å². The maximum Gasteiger partial charge on any atom is 0.310 e. The maximum atomic E-state index is 12.5. The molecule has 2 heterocycles. The van der Waals surface area contributed by atoms with Gasteiger partial charge in [-0.2, -0.15) is 0 Å². The SMILES string of the molecule is CCOc1ccccc1NC(=O)[C@@H]1[C@@H](C(=O)O)[C@H]2C=C[C@@H]1O2. The molecule has 6 nitrogen and oxygen atoms in total. The van der Waals surface area contributed by atoms with Crippen LogP contribution < -0.4 is 10.1 Å². The Morgan fingerprint density at radius 3 is 2.59 bits per heavy atom. The van der Waals surface area contributed by atoms with E-state index in [-0.39, 0.29) is 5.91 Å². The van der Waals surface area contributed by atoms with Gasteiger partial charge in [-0.15, -0.1) is 0 Å². The van der Waals surface area contributed by atoms with Crippen molar-refractivity contribution < 1.29 is 24.2 Å². The van der Waals surface area contributed by atoms with Gasteiger partial charge in [0.15, 0.2) is 0 Å². The van der Waals surface area contributed by atoms with Crippen LogP contribution >= 0.6 is 0 Å². The number of carbonyl (C=O) groups is 2. The third kappa shape index (κ3) is 2.46. The third-order valence-corrected chi connectivity index (χ3v) is 3.93. The second-order valence-corrected chi connectivity index (χ2v) is 5.26. The number of amides is 1. The van der Waals surface area contributed by atoms with E-state index in [9.17, 15) is 14.7 Å². The number of aliphatic carboxylic acids is 1. The summed E-state index contributed by atoms with van der Waals surface area (Å²) in [4.78, 5) is 23.9. The Morgan fingerprint density at radius 2 is 1.91 bits per heavy atom. The molecule has 2 aliphatic rings. The molecule has 0 aromatic heterocycles. The van der Waals surface area contributed by atoms with Crippen molar-refractivity contribution in [2.75, 3.05) is 11.9 Å². The lowest BCUT2D eigenvalue weighted by molar-refractivity contribution is -0.145. The molecule has 0 saturated carbocycles. The Morgan fingerprint density at radius 1 is 1.23 bits per heavy atom. The molecule has 6 heteroatoms. The first-order valence-electron chi connectivity index (χ1n) is 7.21. The lowest BCUT2D eigenvalue weighted by Crippen LogP contribution is -2.39. The van der Waals surface area contributed by atoms with Crippen LogP contribution in [-0.4, -0.2) is 35.8 Å². The van der Waals surface area contributed by atoms with Crippen molar-refractivity contribution in [3.8, 4) is 5.75 Å². The summed E-state index contributed by atoms with van der Waals surface area (Å²) in [6.45, 7) is 2.33. The summed E-state index contributed by atoms with van der Waals surface area (Å²) in [6, 6.07) is 7.07. The Hall–Kier alpha value is -2.34. The molecule has 3 rings (SSSR count). The molecular formula is C16H17NO5. The van der Waals surface area contributed by atoms with Gasteiger partial charge < -0.3 is 19.9 Å². The minimum absolute atomic E-state index is 0.364. The predicted molar refractivity (Wildman–Crippen MR) is 78.7 cm³/mol. The zero-order chi connectivity index (χ0) is 15.7. The van der Waals surface area contributed by atoms with Gasteiger partial charge in [-0.25, -0.2) is 0 Å². The maximum absolute atomic E-state index is 12.5. The van der Waals surface area contributed by atoms with Gasteiger partial charge in [-0.3, -0.25) is 9.59 Å². The Balaban J connectivity index is 1.80. The average molecular weight is 303 g/mol. The van der Waals surface area contributed by atoms with Crippen molar-refractivity contribution in [2.24, 2.45) is 11.8 Å². The van der Waals surface area contributed by atoms with Gasteiger partial charge >= 0.3 is 5.97 Å². The highest BCUT2D eigenvalue weighted by Crippen LogP contribution is 2.40. The largest absolute Gasteiger partial charge is 0.492 e. The molecule has 0 aliphatic carbocycles. The van der Waals surface area contributed by atoms with Crippen LogP contribution in [0, 0.1) is 11.8 Å². The summed E-state index contributed by atoms with van der Waals surface area (Å²) >= 11 is 0. The molecule has 1 amide bonds. The fourth-order valence-electron chi connectivity index (χ4n) is 2.98. The summed E-state index contributed by atoms with van der Waals surface area (Å²) in [6.07, 6.45) is 2.45. The van der Waals surface area contributed by atoms with Crippen molar-refractivity contribution >= 4 is 17.6 Å². The summed E-state index contributed by atoms with van der Waals surface area (Å²) in [5.41, 5.74) is 0.533. The van der Waals surface area contributed by atoms with Crippen LogP contribution in [0.15, 0.2) is 36.4 Å². The normalized spacial score (nSPS) is 28.6. The molecule has 0 spiro atoms. The quantitative estimate of drug-likeness (QED) is 0.808. The molecule has 2 N–H and O–H groups in total. The second-order valence-electron chi connectivity index (χ2n) is 5.26. The summed E-state index contributed by atoms with van der Waals surface area (Å²) in [5.74, 6) is -2.41. The number of nitrogens with one attached hydrogen (secondary N) is 1. The second kappa shape index (κ2) is 5.81. The number of carboxylic acids is 1. The summed E-state index contributed by atoms with van der Waals surface area (Å²) in [5, 5.41) is 12.1. The number of carbonyl (C=O) groups excluding carboxylic acids is 1. The van der Waals surface area contributed by atoms with Crippen LogP contribution in [0.5, 0.6) is 5.75 Å². The predicted octanol–water partition coefficient (Wildman–Crippen LogP) is 1.68. The van der Waals surface area contributed by atoms with E-state index < -0.39 is 30.0 Å². The van der Waals surface area contributed by atoms with Crippen LogP contribution in [0.25, 0.3) is 0 Å². The average Bonchev–Trinajstić information content (AvgIpc) is 3.10. The first kappa shape index (κ1) is 14.6. The van der Waals surface area contributed by atoms with Crippen LogP contribution in [0.3, 0.4) is 0 Å². The fourth-order valence-corrected chi connectivity index (χ4v) is 2.98. The van der Waals surface area contributed by atoms with Gasteiger partial charge in [0.1, 0.15) is 11.7 Å². The minimum atomic E-state index is -1.02. The number of hydrogen-bond acceptors (Lipinski definition) is 4. The standard InChI is InChI=1S/C16H17NO5/c1-2-21-10-6-4-3-5-9(10)17-15(18)13-11-7-8-12(22-11)14(13)16(19)20/h3-8,11-14H,2H2,1H3,(H,17,18)(H,19,20)/t11-,12+,13-,14-/m0/s1. The molecule has 0 radical (unpaired) electrons. The molecule has 1 fully saturated rings. The molecule has 2 aliphatic heterocycles. The summed E-state index contributed by atoms with van der Waals surface area (Å²) < 4.78 is 11.0. The number of benzene rings is 1.